The number of carbonyl (C=O) groups is 1. The molecule has 0 radical (unpaired) electrons. The molecule has 0 bridgehead atoms. The summed E-state index contributed by atoms with van der Waals surface area (Å²) < 4.78 is 43.9. The standard InChI is InChI=1S/C16H16F3N3O2/c17-16(18,19)13-3-1-2-11(6-13)7-14-10-22(4-5-24-14)15(23)12-8-20-21-9-12/h1-3,6,8-9,14H,4-5,7,10H2,(H,20,21)/t14-/m1/s1. The van der Waals surface area contributed by atoms with Crippen LogP contribution in [0.2, 0.25) is 0 Å². The topological polar surface area (TPSA) is 58.2 Å². The Bertz CT molecular complexity index is 701. The minimum Gasteiger partial charge on any atom is -0.374 e. The molecule has 1 aliphatic heterocycles. The van der Waals surface area contributed by atoms with Crippen molar-refractivity contribution in [3.8, 4) is 0 Å². The first-order chi connectivity index (χ1) is 11.4. The van der Waals surface area contributed by atoms with Crippen LogP contribution in [0.5, 0.6) is 0 Å². The molecule has 128 valence electrons. The number of hydrogen-bond acceptors (Lipinski definition) is 3. The molecule has 1 saturated heterocycles. The van der Waals surface area contributed by atoms with Gasteiger partial charge in [-0.2, -0.15) is 18.3 Å². The highest BCUT2D eigenvalue weighted by molar-refractivity contribution is 5.93. The Morgan fingerprint density at radius 2 is 2.25 bits per heavy atom. The van der Waals surface area contributed by atoms with Crippen LogP contribution in [-0.4, -0.2) is 46.8 Å². The van der Waals surface area contributed by atoms with Crippen molar-refractivity contribution >= 4 is 5.91 Å². The fourth-order valence-electron chi connectivity index (χ4n) is 2.72. The normalized spacial score (nSPS) is 18.6. The number of nitrogens with zero attached hydrogens (tertiary/aromatic N) is 2. The van der Waals surface area contributed by atoms with Crippen molar-refractivity contribution in [2.75, 3.05) is 19.7 Å². The maximum absolute atomic E-state index is 12.8. The number of amides is 1. The van der Waals surface area contributed by atoms with Gasteiger partial charge in [0.1, 0.15) is 0 Å². The van der Waals surface area contributed by atoms with Crippen LogP contribution < -0.4 is 0 Å². The van der Waals surface area contributed by atoms with E-state index in [2.05, 4.69) is 10.2 Å². The van der Waals surface area contributed by atoms with Gasteiger partial charge in [-0.1, -0.05) is 18.2 Å². The number of aromatic amines is 1. The second-order valence-corrected chi connectivity index (χ2v) is 5.63. The lowest BCUT2D eigenvalue weighted by atomic mass is 10.0. The van der Waals surface area contributed by atoms with E-state index >= 15 is 0 Å². The van der Waals surface area contributed by atoms with E-state index in [1.165, 1.54) is 18.5 Å². The molecule has 1 fully saturated rings. The summed E-state index contributed by atoms with van der Waals surface area (Å²) >= 11 is 0. The van der Waals surface area contributed by atoms with Gasteiger partial charge >= 0.3 is 6.18 Å². The Morgan fingerprint density at radius 1 is 1.42 bits per heavy atom. The SMILES string of the molecule is O=C(c1cn[nH]c1)N1CCO[C@H](Cc2cccc(C(F)(F)F)c2)C1. The number of H-pyrrole nitrogens is 1. The highest BCUT2D eigenvalue weighted by Gasteiger charge is 2.31. The Morgan fingerprint density at radius 3 is 2.96 bits per heavy atom. The second kappa shape index (κ2) is 6.64. The number of alkyl halides is 3. The lowest BCUT2D eigenvalue weighted by Gasteiger charge is -2.33. The summed E-state index contributed by atoms with van der Waals surface area (Å²) in [5.74, 6) is -0.166. The van der Waals surface area contributed by atoms with Gasteiger partial charge in [0.05, 0.1) is 30.0 Å². The number of ether oxygens (including phenoxy) is 1. The molecule has 1 amide bonds. The Labute approximate surface area is 136 Å². The monoisotopic (exact) mass is 339 g/mol. The van der Waals surface area contributed by atoms with E-state index in [0.717, 1.165) is 12.1 Å². The highest BCUT2D eigenvalue weighted by Crippen LogP contribution is 2.30. The van der Waals surface area contributed by atoms with E-state index in [-0.39, 0.29) is 12.0 Å². The first kappa shape index (κ1) is 16.5. The van der Waals surface area contributed by atoms with Gasteiger partial charge in [-0.15, -0.1) is 0 Å². The van der Waals surface area contributed by atoms with E-state index in [0.29, 0.717) is 37.2 Å². The van der Waals surface area contributed by atoms with Crippen molar-refractivity contribution in [1.82, 2.24) is 15.1 Å². The Hall–Kier alpha value is -2.35. The van der Waals surface area contributed by atoms with Gasteiger partial charge < -0.3 is 9.64 Å². The Balaban J connectivity index is 1.67. The van der Waals surface area contributed by atoms with Crippen LogP contribution in [0.4, 0.5) is 13.2 Å². The zero-order valence-electron chi connectivity index (χ0n) is 12.7. The van der Waals surface area contributed by atoms with Crippen LogP contribution in [0.15, 0.2) is 36.7 Å². The molecule has 0 unspecified atom stereocenters. The van der Waals surface area contributed by atoms with Crippen LogP contribution in [0.1, 0.15) is 21.5 Å². The van der Waals surface area contributed by atoms with Crippen molar-refractivity contribution < 1.29 is 22.7 Å². The molecule has 0 spiro atoms. The van der Waals surface area contributed by atoms with Crippen LogP contribution in [0.25, 0.3) is 0 Å². The fraction of sp³-hybridized carbons (Fsp3) is 0.375. The summed E-state index contributed by atoms with van der Waals surface area (Å²) in [4.78, 5) is 13.9. The van der Waals surface area contributed by atoms with Crippen LogP contribution in [-0.2, 0) is 17.3 Å². The number of rotatable bonds is 3. The molecule has 2 heterocycles. The summed E-state index contributed by atoms with van der Waals surface area (Å²) in [7, 11) is 0. The van der Waals surface area contributed by atoms with E-state index in [4.69, 9.17) is 4.74 Å². The lowest BCUT2D eigenvalue weighted by Crippen LogP contribution is -2.46. The molecule has 24 heavy (non-hydrogen) atoms. The first-order valence-corrected chi connectivity index (χ1v) is 7.49. The van der Waals surface area contributed by atoms with E-state index in [1.807, 2.05) is 0 Å². The zero-order chi connectivity index (χ0) is 17.2. The third kappa shape index (κ3) is 3.76. The molecule has 5 nitrogen and oxygen atoms in total. The summed E-state index contributed by atoms with van der Waals surface area (Å²) in [6.45, 7) is 1.14. The molecule has 1 N–H and O–H groups in total. The highest BCUT2D eigenvalue weighted by atomic mass is 19.4. The predicted octanol–water partition coefficient (Wildman–Crippen LogP) is 2.51. The third-order valence-electron chi connectivity index (χ3n) is 3.89. The predicted molar refractivity (Wildman–Crippen MR) is 79.4 cm³/mol. The Kier molecular flexibility index (Phi) is 4.57. The average molecular weight is 339 g/mol. The van der Waals surface area contributed by atoms with Gasteiger partial charge in [0.2, 0.25) is 0 Å². The molecule has 0 saturated carbocycles. The molecule has 1 atom stereocenters. The van der Waals surface area contributed by atoms with Crippen molar-refractivity contribution in [2.24, 2.45) is 0 Å². The molecule has 0 aliphatic carbocycles. The van der Waals surface area contributed by atoms with Crippen molar-refractivity contribution in [1.29, 1.82) is 0 Å². The maximum atomic E-state index is 12.8. The summed E-state index contributed by atoms with van der Waals surface area (Å²) in [6, 6.07) is 5.19. The molecule has 1 aromatic heterocycles. The largest absolute Gasteiger partial charge is 0.416 e. The number of morpholine rings is 1. The molecular weight excluding hydrogens is 323 g/mol. The van der Waals surface area contributed by atoms with Crippen molar-refractivity contribution in [3.63, 3.8) is 0 Å². The van der Waals surface area contributed by atoms with Crippen LogP contribution in [0, 0.1) is 0 Å². The maximum Gasteiger partial charge on any atom is 0.416 e. The van der Waals surface area contributed by atoms with Crippen molar-refractivity contribution in [2.45, 2.75) is 18.7 Å². The molecular formula is C16H16F3N3O2. The molecule has 1 aromatic carbocycles. The molecule has 1 aliphatic rings. The van der Waals surface area contributed by atoms with E-state index in [9.17, 15) is 18.0 Å². The van der Waals surface area contributed by atoms with Crippen LogP contribution >= 0.6 is 0 Å². The van der Waals surface area contributed by atoms with Gasteiger partial charge in [0, 0.05) is 25.7 Å². The first-order valence-electron chi connectivity index (χ1n) is 7.49. The second-order valence-electron chi connectivity index (χ2n) is 5.63. The van der Waals surface area contributed by atoms with Crippen molar-refractivity contribution in [3.05, 3.63) is 53.3 Å². The lowest BCUT2D eigenvalue weighted by molar-refractivity contribution is -0.137. The van der Waals surface area contributed by atoms with Gasteiger partial charge in [-0.05, 0) is 11.6 Å². The van der Waals surface area contributed by atoms with Gasteiger partial charge in [0.25, 0.3) is 5.91 Å². The molecule has 3 rings (SSSR count). The molecule has 8 heteroatoms. The summed E-state index contributed by atoms with van der Waals surface area (Å²) in [5, 5.41) is 6.33. The number of halogens is 3. The number of aromatic nitrogens is 2. The number of carbonyl (C=O) groups excluding carboxylic acids is 1. The zero-order valence-corrected chi connectivity index (χ0v) is 12.7. The third-order valence-corrected chi connectivity index (χ3v) is 3.89. The quantitative estimate of drug-likeness (QED) is 0.935. The van der Waals surface area contributed by atoms with Gasteiger partial charge in [0.15, 0.2) is 0 Å². The summed E-state index contributed by atoms with van der Waals surface area (Å²) in [6.07, 6.45) is -1.43. The van der Waals surface area contributed by atoms with Crippen LogP contribution in [0.3, 0.4) is 0 Å². The summed E-state index contributed by atoms with van der Waals surface area (Å²) in [5.41, 5.74) is 0.310. The fourth-order valence-corrected chi connectivity index (χ4v) is 2.72. The van der Waals surface area contributed by atoms with Gasteiger partial charge in [-0.3, -0.25) is 9.89 Å². The smallest absolute Gasteiger partial charge is 0.374 e. The van der Waals surface area contributed by atoms with E-state index in [1.54, 1.807) is 11.0 Å². The average Bonchev–Trinajstić information content (AvgIpc) is 3.08. The van der Waals surface area contributed by atoms with E-state index < -0.39 is 11.7 Å². The minimum atomic E-state index is -4.37. The molecule has 2 aromatic rings. The number of hydrogen-bond donors (Lipinski definition) is 1. The number of nitrogens with one attached hydrogen (secondary N) is 1. The minimum absolute atomic E-state index is 0.166. The number of benzene rings is 1. The van der Waals surface area contributed by atoms with Gasteiger partial charge in [-0.25, -0.2) is 0 Å².